The van der Waals surface area contributed by atoms with Gasteiger partial charge < -0.3 is 14.4 Å². The van der Waals surface area contributed by atoms with Crippen LogP contribution in [-0.4, -0.2) is 38.9 Å². The monoisotopic (exact) mass is 409 g/mol. The minimum Gasteiger partial charge on any atom is -0.772 e. The largest absolute Gasteiger partial charge is 0.772 e. The third-order valence-corrected chi connectivity index (χ3v) is 5.05. The lowest BCUT2D eigenvalue weighted by atomic mass is 10.1. The molecule has 0 aliphatic rings. The molecular weight excluding hydrogens is 372 g/mol. The Morgan fingerprint density at radius 3 is 1.79 bits per heavy atom. The first kappa shape index (κ1) is 26.7. The molecule has 0 aliphatic heterocycles. The molecule has 0 spiro atoms. The van der Waals surface area contributed by atoms with Gasteiger partial charge in [-0.1, -0.05) is 67.7 Å². The van der Waals surface area contributed by atoms with E-state index in [-0.39, 0.29) is 0 Å². The molecule has 1 N–H and O–H groups in total. The molecule has 0 aromatic rings. The Labute approximate surface area is 174 Å². The van der Waals surface area contributed by atoms with Crippen molar-refractivity contribution in [1.29, 1.82) is 0 Å². The molecule has 5 heteroatoms. The van der Waals surface area contributed by atoms with Crippen molar-refractivity contribution in [2.75, 3.05) is 13.7 Å². The zero-order valence-electron chi connectivity index (χ0n) is 17.4. The van der Waals surface area contributed by atoms with E-state index in [1.807, 2.05) is 12.2 Å². The van der Waals surface area contributed by atoms with Gasteiger partial charge in [0.15, 0.2) is 0 Å². The summed E-state index contributed by atoms with van der Waals surface area (Å²) in [4.78, 5) is 0. The van der Waals surface area contributed by atoms with E-state index in [9.17, 15) is 13.9 Å². The summed E-state index contributed by atoms with van der Waals surface area (Å²) < 4.78 is 27.5. The van der Waals surface area contributed by atoms with Crippen molar-refractivity contribution in [2.24, 2.45) is 0 Å². The number of ether oxygens (including phenoxy) is 1. The van der Waals surface area contributed by atoms with Crippen LogP contribution in [0.15, 0.2) is 60.8 Å². The average molecular weight is 410 g/mol. The molecule has 0 bridgehead atoms. The molecule has 0 amide bonds. The van der Waals surface area contributed by atoms with Gasteiger partial charge in [0.1, 0.15) is 0 Å². The van der Waals surface area contributed by atoms with E-state index in [0.29, 0.717) is 25.9 Å². The predicted octanol–water partition coefficient (Wildman–Crippen LogP) is 5.16. The molecule has 0 radical (unpaired) electrons. The van der Waals surface area contributed by atoms with Gasteiger partial charge in [0.05, 0.1) is 11.4 Å². The third-order valence-electron chi connectivity index (χ3n) is 4.05. The Kier molecular flexibility index (Phi) is 19.5. The Morgan fingerprint density at radius 2 is 1.36 bits per heavy atom. The number of aliphatic hydroxyl groups is 1. The Morgan fingerprint density at radius 1 is 0.893 bits per heavy atom. The van der Waals surface area contributed by atoms with Crippen LogP contribution in [-0.2, 0) is 15.8 Å². The number of rotatable bonds is 17. The number of allylic oxidation sites excluding steroid dienone is 10. The third kappa shape index (κ3) is 16.9. The van der Waals surface area contributed by atoms with Crippen LogP contribution in [0.2, 0.25) is 0 Å². The minimum atomic E-state index is -2.28. The summed E-state index contributed by atoms with van der Waals surface area (Å²) in [5.74, 6) is 0. The molecule has 0 aromatic carbocycles. The van der Waals surface area contributed by atoms with Crippen LogP contribution in [0.3, 0.4) is 0 Å². The van der Waals surface area contributed by atoms with Crippen LogP contribution in [0.4, 0.5) is 0 Å². The normalized spacial score (nSPS) is 16.3. The highest BCUT2D eigenvalue weighted by Crippen LogP contribution is 2.13. The van der Waals surface area contributed by atoms with E-state index in [4.69, 9.17) is 4.74 Å². The SMILES string of the molecule is CC/C=C\C/C=C\C/C=C\C/C=C\C/C=C\CC(C(O)CCCOC)S(=O)[O-]. The summed E-state index contributed by atoms with van der Waals surface area (Å²) in [6, 6.07) is 0. The molecular formula is C23H37O4S-. The highest BCUT2D eigenvalue weighted by molar-refractivity contribution is 7.79. The summed E-state index contributed by atoms with van der Waals surface area (Å²) in [7, 11) is 1.59. The number of hydrogen-bond donors (Lipinski definition) is 1. The van der Waals surface area contributed by atoms with Crippen molar-refractivity contribution in [3.63, 3.8) is 0 Å². The lowest BCUT2D eigenvalue weighted by molar-refractivity contribution is 0.130. The maximum Gasteiger partial charge on any atom is 0.0676 e. The fourth-order valence-electron chi connectivity index (χ4n) is 2.47. The standard InChI is InChI=1S/C23H38O4S/c1-3-4-5-6-7-8-9-10-11-12-13-14-15-16-17-20-23(28(25)26)22(24)19-18-21-27-2/h4-5,7-8,10-11,13-14,16-17,22-24H,3,6,9,12,15,18-21H2,1-2H3,(H,25,26)/p-1/b5-4-,8-7-,11-10-,14-13-,17-16-. The molecule has 4 nitrogen and oxygen atoms in total. The fraction of sp³-hybridized carbons (Fsp3) is 0.565. The van der Waals surface area contributed by atoms with E-state index in [1.54, 1.807) is 7.11 Å². The van der Waals surface area contributed by atoms with Crippen LogP contribution < -0.4 is 0 Å². The van der Waals surface area contributed by atoms with Gasteiger partial charge in [0.2, 0.25) is 0 Å². The first-order valence-electron chi connectivity index (χ1n) is 10.1. The summed E-state index contributed by atoms with van der Waals surface area (Å²) >= 11 is -2.28. The molecule has 160 valence electrons. The summed E-state index contributed by atoms with van der Waals surface area (Å²) in [6.45, 7) is 2.66. The highest BCUT2D eigenvalue weighted by atomic mass is 32.2. The first-order chi connectivity index (χ1) is 13.6. The van der Waals surface area contributed by atoms with Gasteiger partial charge in [0, 0.05) is 13.7 Å². The van der Waals surface area contributed by atoms with E-state index in [1.165, 1.54) is 0 Å². The van der Waals surface area contributed by atoms with Crippen molar-refractivity contribution in [2.45, 2.75) is 69.6 Å². The average Bonchev–Trinajstić information content (AvgIpc) is 2.67. The lowest BCUT2D eigenvalue weighted by Gasteiger charge is -2.23. The quantitative estimate of drug-likeness (QED) is 0.205. The number of aliphatic hydroxyl groups excluding tert-OH is 1. The second kappa shape index (κ2) is 20.5. The molecule has 0 aromatic heterocycles. The zero-order chi connectivity index (χ0) is 20.9. The van der Waals surface area contributed by atoms with Crippen LogP contribution in [0, 0.1) is 0 Å². The molecule has 0 heterocycles. The van der Waals surface area contributed by atoms with Gasteiger partial charge >= 0.3 is 0 Å². The van der Waals surface area contributed by atoms with Gasteiger partial charge in [-0.3, -0.25) is 4.21 Å². The molecule has 3 unspecified atom stereocenters. The Hall–Kier alpha value is -1.27. The topological polar surface area (TPSA) is 69.6 Å². The number of methoxy groups -OCH3 is 1. The Balaban J connectivity index is 3.94. The molecule has 0 aliphatic carbocycles. The van der Waals surface area contributed by atoms with Crippen molar-refractivity contribution in [3.8, 4) is 0 Å². The molecule has 28 heavy (non-hydrogen) atoms. The van der Waals surface area contributed by atoms with E-state index in [2.05, 4.69) is 55.5 Å². The molecule has 0 saturated heterocycles. The van der Waals surface area contributed by atoms with Gasteiger partial charge in [-0.2, -0.15) is 0 Å². The van der Waals surface area contributed by atoms with Crippen molar-refractivity contribution >= 4 is 11.1 Å². The van der Waals surface area contributed by atoms with Crippen molar-refractivity contribution in [1.82, 2.24) is 0 Å². The van der Waals surface area contributed by atoms with Crippen LogP contribution in [0.25, 0.3) is 0 Å². The maximum atomic E-state index is 11.3. The minimum absolute atomic E-state index is 0.331. The molecule has 3 atom stereocenters. The predicted molar refractivity (Wildman–Crippen MR) is 119 cm³/mol. The van der Waals surface area contributed by atoms with E-state index in [0.717, 1.165) is 32.1 Å². The van der Waals surface area contributed by atoms with E-state index >= 15 is 0 Å². The highest BCUT2D eigenvalue weighted by Gasteiger charge is 2.18. The smallest absolute Gasteiger partial charge is 0.0676 e. The van der Waals surface area contributed by atoms with Gasteiger partial charge in [-0.05, 0) is 62.4 Å². The maximum absolute atomic E-state index is 11.3. The van der Waals surface area contributed by atoms with E-state index < -0.39 is 22.4 Å². The first-order valence-corrected chi connectivity index (χ1v) is 11.3. The van der Waals surface area contributed by atoms with Crippen LogP contribution in [0.5, 0.6) is 0 Å². The molecule has 0 rings (SSSR count). The van der Waals surface area contributed by atoms with Crippen molar-refractivity contribution < 1.29 is 18.6 Å². The zero-order valence-corrected chi connectivity index (χ0v) is 18.2. The lowest BCUT2D eigenvalue weighted by Crippen LogP contribution is -2.30. The summed E-state index contributed by atoms with van der Waals surface area (Å²) in [6.07, 6.45) is 26.2. The van der Waals surface area contributed by atoms with Gasteiger partial charge in [-0.15, -0.1) is 0 Å². The Bertz CT molecular complexity index is 521. The summed E-state index contributed by atoms with van der Waals surface area (Å²) in [5.41, 5.74) is 0. The molecule has 0 fully saturated rings. The number of hydrogen-bond acceptors (Lipinski definition) is 4. The second-order valence-corrected chi connectivity index (χ2v) is 7.57. The van der Waals surface area contributed by atoms with Gasteiger partial charge in [0.25, 0.3) is 0 Å². The second-order valence-electron chi connectivity index (χ2n) is 6.45. The van der Waals surface area contributed by atoms with Crippen LogP contribution >= 0.6 is 0 Å². The van der Waals surface area contributed by atoms with Crippen molar-refractivity contribution in [3.05, 3.63) is 60.8 Å². The summed E-state index contributed by atoms with van der Waals surface area (Å²) in [5, 5.41) is 9.25. The van der Waals surface area contributed by atoms with Gasteiger partial charge in [-0.25, -0.2) is 0 Å². The van der Waals surface area contributed by atoms with Crippen LogP contribution in [0.1, 0.15) is 58.3 Å². The molecule has 0 saturated carbocycles. The fourth-order valence-corrected chi connectivity index (χ4v) is 3.13.